The van der Waals surface area contributed by atoms with Gasteiger partial charge in [0.2, 0.25) is 0 Å². The third kappa shape index (κ3) is 2.62. The Labute approximate surface area is 123 Å². The van der Waals surface area contributed by atoms with E-state index in [9.17, 15) is 0 Å². The minimum Gasteiger partial charge on any atom is -0.497 e. The van der Waals surface area contributed by atoms with Crippen LogP contribution < -0.4 is 15.4 Å². The molecule has 1 aromatic heterocycles. The van der Waals surface area contributed by atoms with E-state index in [-0.39, 0.29) is 5.84 Å². The summed E-state index contributed by atoms with van der Waals surface area (Å²) in [6, 6.07) is 7.60. The second kappa shape index (κ2) is 5.74. The van der Waals surface area contributed by atoms with Gasteiger partial charge >= 0.3 is 0 Å². The van der Waals surface area contributed by atoms with Gasteiger partial charge in [-0.3, -0.25) is 4.68 Å². The first-order valence-corrected chi connectivity index (χ1v) is 6.38. The largest absolute Gasteiger partial charge is 0.497 e. The number of nitrogens with two attached hydrogens (primary N) is 1. The standard InChI is InChI=1S/C14H19N5O2/c1-9-12(13(15)17-20)14(19(3)16-9)18(2)10-5-7-11(21-4)8-6-10/h5-8,20H,1-4H3,(H2,15,17). The molecule has 0 atom stereocenters. The van der Waals surface area contributed by atoms with E-state index >= 15 is 0 Å². The van der Waals surface area contributed by atoms with Crippen molar-refractivity contribution >= 4 is 17.3 Å². The Kier molecular flexibility index (Phi) is 4.02. The van der Waals surface area contributed by atoms with Crippen molar-refractivity contribution in [1.29, 1.82) is 0 Å². The normalized spacial score (nSPS) is 11.5. The number of benzene rings is 1. The van der Waals surface area contributed by atoms with Crippen molar-refractivity contribution in [3.63, 3.8) is 0 Å². The highest BCUT2D eigenvalue weighted by Gasteiger charge is 2.21. The number of ether oxygens (including phenoxy) is 1. The molecule has 0 saturated heterocycles. The zero-order valence-corrected chi connectivity index (χ0v) is 12.5. The average Bonchev–Trinajstić information content (AvgIpc) is 2.80. The van der Waals surface area contributed by atoms with E-state index in [1.165, 1.54) is 0 Å². The van der Waals surface area contributed by atoms with Crippen molar-refractivity contribution in [2.45, 2.75) is 6.92 Å². The van der Waals surface area contributed by atoms with Crippen LogP contribution in [0.5, 0.6) is 5.75 Å². The highest BCUT2D eigenvalue weighted by atomic mass is 16.5. The number of rotatable bonds is 4. The van der Waals surface area contributed by atoms with Crippen molar-refractivity contribution in [3.8, 4) is 5.75 Å². The summed E-state index contributed by atoms with van der Waals surface area (Å²) in [5.74, 6) is 1.56. The molecule has 0 aliphatic heterocycles. The Hall–Kier alpha value is -2.70. The predicted molar refractivity (Wildman–Crippen MR) is 81.5 cm³/mol. The van der Waals surface area contributed by atoms with Gasteiger partial charge in [0.25, 0.3) is 0 Å². The summed E-state index contributed by atoms with van der Waals surface area (Å²) in [5, 5.41) is 16.4. The molecular formula is C14H19N5O2. The molecule has 7 nitrogen and oxygen atoms in total. The van der Waals surface area contributed by atoms with Crippen LogP contribution in [0.3, 0.4) is 0 Å². The van der Waals surface area contributed by atoms with E-state index in [1.807, 2.05) is 50.2 Å². The fourth-order valence-corrected chi connectivity index (χ4v) is 2.31. The Morgan fingerprint density at radius 3 is 2.52 bits per heavy atom. The van der Waals surface area contributed by atoms with Crippen molar-refractivity contribution in [1.82, 2.24) is 9.78 Å². The summed E-state index contributed by atoms with van der Waals surface area (Å²) in [6.07, 6.45) is 0. The smallest absolute Gasteiger partial charge is 0.175 e. The molecule has 0 bridgehead atoms. The summed E-state index contributed by atoms with van der Waals surface area (Å²) in [7, 11) is 5.34. The maximum absolute atomic E-state index is 8.96. The van der Waals surface area contributed by atoms with Crippen LogP contribution in [0, 0.1) is 6.92 Å². The number of aryl methyl sites for hydroxylation is 2. The molecule has 0 aliphatic rings. The van der Waals surface area contributed by atoms with Crippen LogP contribution in [0.15, 0.2) is 29.4 Å². The molecule has 0 unspecified atom stereocenters. The number of hydrogen-bond donors (Lipinski definition) is 2. The number of amidine groups is 1. The van der Waals surface area contributed by atoms with Gasteiger partial charge in [-0.1, -0.05) is 5.16 Å². The molecule has 1 aromatic carbocycles. The molecule has 1 heterocycles. The van der Waals surface area contributed by atoms with Gasteiger partial charge in [0.1, 0.15) is 11.6 Å². The Morgan fingerprint density at radius 1 is 1.38 bits per heavy atom. The average molecular weight is 289 g/mol. The molecule has 0 saturated carbocycles. The minimum absolute atomic E-state index is 0.0379. The fourth-order valence-electron chi connectivity index (χ4n) is 2.31. The van der Waals surface area contributed by atoms with E-state index in [1.54, 1.807) is 11.8 Å². The molecule has 0 spiro atoms. The maximum atomic E-state index is 8.96. The van der Waals surface area contributed by atoms with Gasteiger partial charge in [-0.25, -0.2) is 0 Å². The van der Waals surface area contributed by atoms with Gasteiger partial charge in [0.05, 0.1) is 18.4 Å². The third-order valence-corrected chi connectivity index (χ3v) is 3.33. The highest BCUT2D eigenvalue weighted by molar-refractivity contribution is 6.03. The van der Waals surface area contributed by atoms with E-state index in [2.05, 4.69) is 10.3 Å². The lowest BCUT2D eigenvalue weighted by Crippen LogP contribution is -2.21. The van der Waals surface area contributed by atoms with Gasteiger partial charge in [0.15, 0.2) is 5.84 Å². The third-order valence-electron chi connectivity index (χ3n) is 3.33. The fraction of sp³-hybridized carbons (Fsp3) is 0.286. The van der Waals surface area contributed by atoms with Crippen molar-refractivity contribution in [2.75, 3.05) is 19.1 Å². The molecule has 112 valence electrons. The van der Waals surface area contributed by atoms with Gasteiger partial charge in [-0.15, -0.1) is 0 Å². The first kappa shape index (κ1) is 14.7. The van der Waals surface area contributed by atoms with Gasteiger partial charge in [-0.05, 0) is 31.2 Å². The number of oxime groups is 1. The van der Waals surface area contributed by atoms with Crippen LogP contribution in [0.2, 0.25) is 0 Å². The summed E-state index contributed by atoms with van der Waals surface area (Å²) < 4.78 is 6.85. The first-order valence-electron chi connectivity index (χ1n) is 6.38. The second-order valence-corrected chi connectivity index (χ2v) is 4.65. The van der Waals surface area contributed by atoms with Gasteiger partial charge in [-0.2, -0.15) is 5.10 Å². The molecule has 0 aliphatic carbocycles. The molecular weight excluding hydrogens is 270 g/mol. The second-order valence-electron chi connectivity index (χ2n) is 4.65. The molecule has 2 aromatic rings. The predicted octanol–water partition coefficient (Wildman–Crippen LogP) is 1.60. The Bertz CT molecular complexity index is 661. The molecule has 7 heteroatoms. The van der Waals surface area contributed by atoms with Crippen molar-refractivity contribution in [2.24, 2.45) is 17.9 Å². The molecule has 2 rings (SSSR count). The number of anilines is 2. The molecule has 0 radical (unpaired) electrons. The number of nitrogens with zero attached hydrogens (tertiary/aromatic N) is 4. The van der Waals surface area contributed by atoms with Crippen LogP contribution >= 0.6 is 0 Å². The number of methoxy groups -OCH3 is 1. The first-order chi connectivity index (χ1) is 9.99. The van der Waals surface area contributed by atoms with E-state index < -0.39 is 0 Å². The van der Waals surface area contributed by atoms with E-state index in [4.69, 9.17) is 15.7 Å². The topological polar surface area (TPSA) is 88.9 Å². The van der Waals surface area contributed by atoms with Crippen LogP contribution in [0.25, 0.3) is 0 Å². The summed E-state index contributed by atoms with van der Waals surface area (Å²) in [5.41, 5.74) is 8.01. The van der Waals surface area contributed by atoms with Gasteiger partial charge < -0.3 is 20.6 Å². The van der Waals surface area contributed by atoms with Crippen molar-refractivity contribution in [3.05, 3.63) is 35.5 Å². The SMILES string of the molecule is COc1ccc(N(C)c2c(C(N)=NO)c(C)nn2C)cc1. The van der Waals surface area contributed by atoms with E-state index in [0.29, 0.717) is 11.3 Å². The monoisotopic (exact) mass is 289 g/mol. The quantitative estimate of drug-likeness (QED) is 0.386. The molecule has 21 heavy (non-hydrogen) atoms. The molecule has 3 N–H and O–H groups in total. The Balaban J connectivity index is 2.49. The zero-order valence-electron chi connectivity index (χ0n) is 12.5. The maximum Gasteiger partial charge on any atom is 0.175 e. The van der Waals surface area contributed by atoms with Crippen LogP contribution in [-0.4, -0.2) is 35.0 Å². The lowest BCUT2D eigenvalue weighted by Gasteiger charge is -2.21. The Morgan fingerprint density at radius 2 is 2.00 bits per heavy atom. The van der Waals surface area contributed by atoms with Crippen molar-refractivity contribution < 1.29 is 9.94 Å². The number of aromatic nitrogens is 2. The molecule has 0 fully saturated rings. The lowest BCUT2D eigenvalue weighted by atomic mass is 10.2. The van der Waals surface area contributed by atoms with Crippen LogP contribution in [-0.2, 0) is 7.05 Å². The van der Waals surface area contributed by atoms with Gasteiger partial charge in [0, 0.05) is 19.8 Å². The van der Waals surface area contributed by atoms with E-state index in [0.717, 1.165) is 17.3 Å². The summed E-state index contributed by atoms with van der Waals surface area (Å²) >= 11 is 0. The molecule has 0 amide bonds. The summed E-state index contributed by atoms with van der Waals surface area (Å²) in [4.78, 5) is 1.92. The van der Waals surface area contributed by atoms with Crippen LogP contribution in [0.4, 0.5) is 11.5 Å². The highest BCUT2D eigenvalue weighted by Crippen LogP contribution is 2.29. The zero-order chi connectivity index (χ0) is 15.6. The van der Waals surface area contributed by atoms with Crippen LogP contribution in [0.1, 0.15) is 11.3 Å². The lowest BCUT2D eigenvalue weighted by molar-refractivity contribution is 0.318. The number of hydrogen-bond acceptors (Lipinski definition) is 5. The summed E-state index contributed by atoms with van der Waals surface area (Å²) in [6.45, 7) is 1.82. The minimum atomic E-state index is 0.0379.